The van der Waals surface area contributed by atoms with E-state index in [0.717, 1.165) is 22.7 Å². The van der Waals surface area contributed by atoms with Crippen LogP contribution < -0.4 is 0 Å². The first-order valence-electron chi connectivity index (χ1n) is 9.05. The van der Waals surface area contributed by atoms with E-state index < -0.39 is 21.1 Å². The molecule has 31 heavy (non-hydrogen) atoms. The molecule has 0 amide bonds. The summed E-state index contributed by atoms with van der Waals surface area (Å²) in [5.74, 6) is -0.775. The van der Waals surface area contributed by atoms with E-state index in [9.17, 15) is 21.6 Å². The first-order valence-corrected chi connectivity index (χ1v) is 12.8. The summed E-state index contributed by atoms with van der Waals surface area (Å²) in [5.41, 5.74) is -2.48. The van der Waals surface area contributed by atoms with Gasteiger partial charge in [0, 0.05) is 43.5 Å². The van der Waals surface area contributed by atoms with Gasteiger partial charge in [-0.15, -0.1) is 11.3 Å². The lowest BCUT2D eigenvalue weighted by molar-refractivity contribution is -0.0437. The van der Waals surface area contributed by atoms with E-state index in [0.29, 0.717) is 17.2 Å². The van der Waals surface area contributed by atoms with Crippen LogP contribution in [0.1, 0.15) is 25.1 Å². The minimum Gasteiger partial charge on any atom is -0.261 e. The lowest BCUT2D eigenvalue weighted by Gasteiger charge is -2.12. The van der Waals surface area contributed by atoms with Gasteiger partial charge in [0.25, 0.3) is 9.84 Å². The summed E-state index contributed by atoms with van der Waals surface area (Å²) in [6, 6.07) is 6.78. The molecule has 3 rings (SSSR count). The molecule has 3 aromatic rings. The molecular weight excluding hydrogens is 537 g/mol. The minimum absolute atomic E-state index is 0.0881. The molecule has 0 fully saturated rings. The largest absolute Gasteiger partial charge is 0.497 e. The summed E-state index contributed by atoms with van der Waals surface area (Å²) in [6.45, 7) is 4.22. The third-order valence-electron chi connectivity index (χ3n) is 4.31. The Labute approximate surface area is 195 Å². The van der Waals surface area contributed by atoms with Gasteiger partial charge in [-0.2, -0.15) is 13.2 Å². The molecule has 0 atom stereocenters. The highest BCUT2D eigenvalue weighted by molar-refractivity contribution is 9.10. The Morgan fingerprint density at radius 1 is 1.19 bits per heavy atom. The fourth-order valence-corrected chi connectivity index (χ4v) is 5.79. The Bertz CT molecular complexity index is 1190. The van der Waals surface area contributed by atoms with Crippen LogP contribution in [0, 0.1) is 5.92 Å². The van der Waals surface area contributed by atoms with E-state index in [2.05, 4.69) is 39.7 Å². The maximum absolute atomic E-state index is 12.7. The smallest absolute Gasteiger partial charge is 0.261 e. The number of hydrogen-bond donors (Lipinski definition) is 0. The standard InChI is InChI=1S/C20H17BrClF3N2O2S2/c1-11(2)5-14-6-12(3-4-26-14)19-27-18(9-30-19)13-7-16(21)15(17(22)8-13)10-31(28,29)20(23,24)25/h3-4,6-9,11H,5,10H2,1-2H3. The molecule has 2 heterocycles. The number of sulfone groups is 1. The topological polar surface area (TPSA) is 59.9 Å². The second kappa shape index (κ2) is 9.17. The predicted molar refractivity (Wildman–Crippen MR) is 121 cm³/mol. The number of hydrogen-bond acceptors (Lipinski definition) is 5. The Hall–Kier alpha value is -1.49. The molecule has 0 aliphatic heterocycles. The number of thiazole rings is 1. The van der Waals surface area contributed by atoms with Crippen LogP contribution in [0.3, 0.4) is 0 Å². The summed E-state index contributed by atoms with van der Waals surface area (Å²) in [4.78, 5) is 8.98. The predicted octanol–water partition coefficient (Wildman–Crippen LogP) is 6.92. The van der Waals surface area contributed by atoms with Crippen molar-refractivity contribution in [1.82, 2.24) is 9.97 Å². The van der Waals surface area contributed by atoms with Crippen LogP contribution >= 0.6 is 38.9 Å². The van der Waals surface area contributed by atoms with E-state index in [1.807, 2.05) is 17.5 Å². The highest BCUT2D eigenvalue weighted by Gasteiger charge is 2.45. The van der Waals surface area contributed by atoms with Gasteiger partial charge in [0.2, 0.25) is 0 Å². The van der Waals surface area contributed by atoms with Crippen molar-refractivity contribution in [2.24, 2.45) is 5.92 Å². The molecular formula is C20H17BrClF3N2O2S2. The maximum Gasteiger partial charge on any atom is 0.497 e. The van der Waals surface area contributed by atoms with Crippen LogP contribution in [-0.2, 0) is 22.0 Å². The minimum atomic E-state index is -5.35. The Balaban J connectivity index is 1.91. The molecule has 1 aromatic carbocycles. The zero-order valence-corrected chi connectivity index (χ0v) is 20.3. The van der Waals surface area contributed by atoms with E-state index >= 15 is 0 Å². The Kier molecular flexibility index (Phi) is 7.15. The van der Waals surface area contributed by atoms with Gasteiger partial charge < -0.3 is 0 Å². The highest BCUT2D eigenvalue weighted by atomic mass is 79.9. The van der Waals surface area contributed by atoms with Crippen molar-refractivity contribution in [3.8, 4) is 21.8 Å². The van der Waals surface area contributed by atoms with Crippen molar-refractivity contribution in [1.29, 1.82) is 0 Å². The maximum atomic E-state index is 12.7. The van der Waals surface area contributed by atoms with E-state index in [1.165, 1.54) is 23.5 Å². The average Bonchev–Trinajstić information content (AvgIpc) is 3.13. The molecule has 4 nitrogen and oxygen atoms in total. The van der Waals surface area contributed by atoms with Crippen molar-refractivity contribution >= 4 is 48.7 Å². The lowest BCUT2D eigenvalue weighted by atomic mass is 10.1. The van der Waals surface area contributed by atoms with Gasteiger partial charge >= 0.3 is 5.51 Å². The summed E-state index contributed by atoms with van der Waals surface area (Å²) < 4.78 is 61.4. The molecule has 166 valence electrons. The second-order valence-corrected chi connectivity index (χ2v) is 11.4. The lowest BCUT2D eigenvalue weighted by Crippen LogP contribution is -2.25. The van der Waals surface area contributed by atoms with Crippen molar-refractivity contribution in [3.05, 3.63) is 56.6 Å². The van der Waals surface area contributed by atoms with Gasteiger partial charge in [0.1, 0.15) is 5.01 Å². The van der Waals surface area contributed by atoms with Crippen molar-refractivity contribution in [2.75, 3.05) is 0 Å². The quantitative estimate of drug-likeness (QED) is 0.332. The molecule has 0 aliphatic rings. The van der Waals surface area contributed by atoms with Gasteiger partial charge in [0.15, 0.2) is 0 Å². The number of nitrogens with zero attached hydrogens (tertiary/aromatic N) is 2. The van der Waals surface area contributed by atoms with Gasteiger partial charge in [0.05, 0.1) is 11.4 Å². The van der Waals surface area contributed by atoms with Crippen LogP contribution in [0.2, 0.25) is 5.02 Å². The SMILES string of the molecule is CC(C)Cc1cc(-c2nc(-c3cc(Cl)c(CS(=O)(=O)C(F)(F)F)c(Br)c3)cs2)ccn1. The fourth-order valence-electron chi connectivity index (χ4n) is 2.84. The molecule has 0 aliphatic carbocycles. The van der Waals surface area contributed by atoms with E-state index in [-0.39, 0.29) is 15.1 Å². The number of alkyl halides is 3. The number of benzene rings is 1. The molecule has 0 unspecified atom stereocenters. The van der Waals surface area contributed by atoms with Gasteiger partial charge in [-0.1, -0.05) is 41.4 Å². The van der Waals surface area contributed by atoms with Gasteiger partial charge in [-0.25, -0.2) is 13.4 Å². The Morgan fingerprint density at radius 3 is 2.52 bits per heavy atom. The summed E-state index contributed by atoms with van der Waals surface area (Å²) in [6.07, 6.45) is 2.58. The normalized spacial score (nSPS) is 12.5. The monoisotopic (exact) mass is 552 g/mol. The van der Waals surface area contributed by atoms with Crippen LogP contribution in [0.25, 0.3) is 21.8 Å². The number of halogens is 5. The van der Waals surface area contributed by atoms with Crippen molar-refractivity contribution < 1.29 is 21.6 Å². The molecule has 2 aromatic heterocycles. The number of aromatic nitrogens is 2. The first-order chi connectivity index (χ1) is 14.4. The molecule has 0 radical (unpaired) electrons. The molecule has 0 saturated carbocycles. The zero-order chi connectivity index (χ0) is 23.0. The molecule has 0 saturated heterocycles. The highest BCUT2D eigenvalue weighted by Crippen LogP contribution is 2.37. The Morgan fingerprint density at radius 2 is 1.90 bits per heavy atom. The number of pyridine rings is 1. The van der Waals surface area contributed by atoms with Crippen LogP contribution in [-0.4, -0.2) is 23.9 Å². The van der Waals surface area contributed by atoms with Gasteiger partial charge in [-0.05, 0) is 36.6 Å². The fraction of sp³-hybridized carbons (Fsp3) is 0.300. The molecule has 0 N–H and O–H groups in total. The third kappa shape index (κ3) is 5.66. The van der Waals surface area contributed by atoms with Crippen molar-refractivity contribution in [3.63, 3.8) is 0 Å². The first kappa shape index (κ1) is 24.2. The van der Waals surface area contributed by atoms with Crippen molar-refractivity contribution in [2.45, 2.75) is 31.5 Å². The average molecular weight is 554 g/mol. The second-order valence-electron chi connectivity index (χ2n) is 7.29. The molecule has 11 heteroatoms. The van der Waals surface area contributed by atoms with Crippen LogP contribution in [0.4, 0.5) is 13.2 Å². The zero-order valence-electron chi connectivity index (χ0n) is 16.4. The van der Waals surface area contributed by atoms with Crippen LogP contribution in [0.5, 0.6) is 0 Å². The summed E-state index contributed by atoms with van der Waals surface area (Å²) in [5, 5.41) is 2.48. The molecule has 0 bridgehead atoms. The molecule has 0 spiro atoms. The van der Waals surface area contributed by atoms with Crippen LogP contribution in [0.15, 0.2) is 40.3 Å². The van der Waals surface area contributed by atoms with E-state index in [1.54, 1.807) is 6.20 Å². The van der Waals surface area contributed by atoms with E-state index in [4.69, 9.17) is 11.6 Å². The van der Waals surface area contributed by atoms with Gasteiger partial charge in [-0.3, -0.25) is 4.98 Å². The summed E-state index contributed by atoms with van der Waals surface area (Å²) in [7, 11) is -5.35. The third-order valence-corrected chi connectivity index (χ3v) is 7.62. The number of rotatable bonds is 6. The summed E-state index contributed by atoms with van der Waals surface area (Å²) >= 11 is 10.7.